The van der Waals surface area contributed by atoms with Gasteiger partial charge in [-0.05, 0) is 6.92 Å². The summed E-state index contributed by atoms with van der Waals surface area (Å²) in [6.45, 7) is -0.0271. The van der Waals surface area contributed by atoms with E-state index >= 15 is 0 Å². The first kappa shape index (κ1) is 29.1. The first-order chi connectivity index (χ1) is 16.1. The summed E-state index contributed by atoms with van der Waals surface area (Å²) >= 11 is 0. The second-order valence-electron chi connectivity index (χ2n) is 9.34. The van der Waals surface area contributed by atoms with Gasteiger partial charge in [0.2, 0.25) is 0 Å². The van der Waals surface area contributed by atoms with E-state index in [1.165, 1.54) is 14.8 Å². The van der Waals surface area contributed by atoms with Gasteiger partial charge in [-0.2, -0.15) is 13.2 Å². The van der Waals surface area contributed by atoms with E-state index in [0.717, 1.165) is 7.85 Å². The second kappa shape index (κ2) is 10.3. The molecule has 3 aliphatic heterocycles. The Morgan fingerprint density at radius 3 is 2.11 bits per heavy atom. The number of ether oxygens (including phenoxy) is 4. The fraction of sp³-hybridized carbons (Fsp3) is 1.00. The average Bonchev–Trinajstić information content (AvgIpc) is 3.29. The summed E-state index contributed by atoms with van der Waals surface area (Å²) in [5, 5.41) is 70.3. The van der Waals surface area contributed by atoms with Gasteiger partial charge in [-0.25, -0.2) is 0 Å². The van der Waals surface area contributed by atoms with Gasteiger partial charge in [0, 0.05) is 0 Å². The Morgan fingerprint density at radius 2 is 1.60 bits per heavy atom. The molecular weight excluding hydrogens is 486 g/mol. The molecule has 0 aromatic heterocycles. The van der Waals surface area contributed by atoms with E-state index in [0.29, 0.717) is 0 Å². The lowest BCUT2D eigenvalue weighted by molar-refractivity contribution is -0.278. The highest BCUT2D eigenvalue weighted by atomic mass is 19.4. The Bertz CT molecular complexity index is 738. The third-order valence-corrected chi connectivity index (χ3v) is 7.15. The van der Waals surface area contributed by atoms with Crippen molar-refractivity contribution in [3.63, 3.8) is 0 Å². The number of hydrogen-bond acceptors (Lipinski definition) is 12. The van der Waals surface area contributed by atoms with E-state index in [1.807, 2.05) is 0 Å². The number of halogens is 3. The van der Waals surface area contributed by atoms with Crippen LogP contribution in [0.25, 0.3) is 0 Å². The van der Waals surface area contributed by atoms with Crippen molar-refractivity contribution in [2.75, 3.05) is 13.2 Å². The molecule has 0 saturated carbocycles. The van der Waals surface area contributed by atoms with E-state index in [9.17, 15) is 43.8 Å². The van der Waals surface area contributed by atoms with Crippen molar-refractivity contribution in [2.24, 2.45) is 0 Å². The topological polar surface area (TPSA) is 188 Å². The van der Waals surface area contributed by atoms with Crippen molar-refractivity contribution in [2.45, 2.75) is 91.3 Å². The fourth-order valence-electron chi connectivity index (χ4n) is 4.81. The van der Waals surface area contributed by atoms with E-state index < -0.39 is 105 Å². The van der Waals surface area contributed by atoms with Gasteiger partial charge in [0.05, 0.1) is 31.2 Å². The molecule has 3 aliphatic rings. The predicted octanol–water partition coefficient (Wildman–Crippen LogP) is -6.38. The zero-order chi connectivity index (χ0) is 26.5. The molecule has 3 fully saturated rings. The normalized spacial score (nSPS) is 49.5. The highest BCUT2D eigenvalue weighted by Crippen LogP contribution is 2.47. The number of alkyl halides is 3. The summed E-state index contributed by atoms with van der Waals surface area (Å²) in [7, 11) is 1.48. The molecule has 0 spiro atoms. The predicted molar refractivity (Wildman–Crippen MR) is 114 cm³/mol. The van der Waals surface area contributed by atoms with Gasteiger partial charge in [0.15, 0.2) is 11.9 Å². The van der Waals surface area contributed by atoms with Crippen LogP contribution in [0.3, 0.4) is 0 Å². The van der Waals surface area contributed by atoms with Crippen molar-refractivity contribution in [1.29, 1.82) is 0 Å². The van der Waals surface area contributed by atoms with Crippen molar-refractivity contribution < 1.29 is 72.5 Å². The monoisotopic (exact) mass is 516 g/mol. The van der Waals surface area contributed by atoms with Crippen LogP contribution < -0.4 is 0 Å². The molecule has 3 rings (SSSR count). The first-order valence-electron chi connectivity index (χ1n) is 11.1. The SMILES string of the molecule is B[C@@H]1O[C@H](CO)[C@@H](OC(O)[C@H]2O[C@@H](B)[C@@](OB[C@@H]3O[C@H](CO)[C@@H](O)[C@H]3O)(C(F)(F)F)[C@@H]2O)[C@@]1(C)O. The molecule has 0 radical (unpaired) electrons. The summed E-state index contributed by atoms with van der Waals surface area (Å²) in [6, 6.07) is -4.19. The number of hydrogen-bond donors (Lipinski definition) is 7. The minimum Gasteiger partial charge on any atom is -0.420 e. The number of rotatable bonds is 8. The van der Waals surface area contributed by atoms with E-state index in [4.69, 9.17) is 28.7 Å². The zero-order valence-electron chi connectivity index (χ0n) is 19.3. The van der Waals surface area contributed by atoms with Crippen LogP contribution in [0.4, 0.5) is 13.2 Å². The summed E-state index contributed by atoms with van der Waals surface area (Å²) in [6.07, 6.45) is -18.9. The van der Waals surface area contributed by atoms with Crippen LogP contribution >= 0.6 is 0 Å². The van der Waals surface area contributed by atoms with E-state index in [-0.39, 0.29) is 0 Å². The lowest BCUT2D eigenvalue weighted by Gasteiger charge is -2.38. The molecule has 1 unspecified atom stereocenters. The van der Waals surface area contributed by atoms with Crippen LogP contribution in [0.15, 0.2) is 0 Å². The molecule has 12 nitrogen and oxygen atoms in total. The molecule has 13 atom stereocenters. The summed E-state index contributed by atoms with van der Waals surface area (Å²) in [5.74, 6) is 0. The first-order valence-corrected chi connectivity index (χ1v) is 11.1. The maximum Gasteiger partial charge on any atom is 0.420 e. The molecule has 200 valence electrons. The lowest BCUT2D eigenvalue weighted by atomic mass is 9.76. The highest BCUT2D eigenvalue weighted by Gasteiger charge is 2.71. The molecule has 0 aliphatic carbocycles. The molecule has 7 N–H and O–H groups in total. The molecule has 3 heterocycles. The Kier molecular flexibility index (Phi) is 8.59. The summed E-state index contributed by atoms with van der Waals surface area (Å²) < 4.78 is 68.9. The number of aliphatic hydroxyl groups is 7. The lowest BCUT2D eigenvalue weighted by Crippen LogP contribution is -2.63. The van der Waals surface area contributed by atoms with Crippen LogP contribution in [0.5, 0.6) is 0 Å². The van der Waals surface area contributed by atoms with Crippen LogP contribution in [-0.2, 0) is 23.6 Å². The number of aliphatic hydroxyl groups excluding tert-OH is 6. The molecule has 0 aromatic carbocycles. The van der Waals surface area contributed by atoms with Crippen LogP contribution in [0, 0.1) is 0 Å². The quantitative estimate of drug-likeness (QED) is 0.120. The fourth-order valence-corrected chi connectivity index (χ4v) is 4.81. The van der Waals surface area contributed by atoms with Gasteiger partial charge in [0.25, 0.3) is 0 Å². The summed E-state index contributed by atoms with van der Waals surface area (Å²) in [5.41, 5.74) is -5.13. The van der Waals surface area contributed by atoms with Gasteiger partial charge >= 0.3 is 13.7 Å². The average molecular weight is 516 g/mol. The molecule has 3 saturated heterocycles. The summed E-state index contributed by atoms with van der Waals surface area (Å²) in [4.78, 5) is 0. The molecule has 0 bridgehead atoms. The second-order valence-corrected chi connectivity index (χ2v) is 9.34. The molecule has 0 aromatic rings. The third-order valence-electron chi connectivity index (χ3n) is 7.15. The van der Waals surface area contributed by atoms with Crippen LogP contribution in [-0.4, -0.2) is 157 Å². The van der Waals surface area contributed by atoms with Gasteiger partial charge in [0.1, 0.15) is 64.0 Å². The van der Waals surface area contributed by atoms with Crippen molar-refractivity contribution in [1.82, 2.24) is 0 Å². The highest BCUT2D eigenvalue weighted by molar-refractivity contribution is 6.30. The third kappa shape index (κ3) is 4.89. The molecule has 0 amide bonds. The van der Waals surface area contributed by atoms with Gasteiger partial charge in [-0.3, -0.25) is 0 Å². The minimum absolute atomic E-state index is 0.623. The Morgan fingerprint density at radius 1 is 1.00 bits per heavy atom. The molecule has 35 heavy (non-hydrogen) atoms. The molecule has 18 heteroatoms. The van der Waals surface area contributed by atoms with Crippen molar-refractivity contribution in [3.05, 3.63) is 0 Å². The molecular formula is C17H30B3F3O12. The standard InChI is InChI=1S/C17H30B3F3O12/c1-15(30)10(5(3-25)32-13(15)18)34-12(29)8-9(28)16(14(19)33-8,17(21,22)23)35-20-11-7(27)6(26)4(2-24)31-11/h4-14,20,24-30H,2-3,18-19H2,1H3/t4-,5-,6-,7-,8+,9-,10-,11-,12?,13-,14-,15-,16-/m1/s1. The Balaban J connectivity index is 1.78. The minimum atomic E-state index is -5.25. The van der Waals surface area contributed by atoms with E-state index in [2.05, 4.69) is 0 Å². The Hall–Kier alpha value is -0.495. The van der Waals surface area contributed by atoms with Crippen molar-refractivity contribution in [3.8, 4) is 0 Å². The van der Waals surface area contributed by atoms with Crippen molar-refractivity contribution >= 4 is 23.2 Å². The smallest absolute Gasteiger partial charge is 0.420 e. The Labute approximate surface area is 201 Å². The largest absolute Gasteiger partial charge is 0.420 e. The van der Waals surface area contributed by atoms with Crippen LogP contribution in [0.2, 0.25) is 0 Å². The maximum absolute atomic E-state index is 14.3. The van der Waals surface area contributed by atoms with Gasteiger partial charge < -0.3 is 59.3 Å². The van der Waals surface area contributed by atoms with Crippen LogP contribution in [0.1, 0.15) is 6.92 Å². The zero-order valence-corrected chi connectivity index (χ0v) is 19.3. The maximum atomic E-state index is 14.3. The van der Waals surface area contributed by atoms with Gasteiger partial charge in [-0.1, -0.05) is 0 Å². The van der Waals surface area contributed by atoms with Gasteiger partial charge in [-0.15, -0.1) is 0 Å². The van der Waals surface area contributed by atoms with E-state index in [1.54, 1.807) is 0 Å².